The lowest BCUT2D eigenvalue weighted by Crippen LogP contribution is -1.93. The molecule has 0 nitrogen and oxygen atoms in total. The van der Waals surface area contributed by atoms with E-state index in [1.807, 2.05) is 0 Å². The number of rotatable bonds is 0. The minimum absolute atomic E-state index is 1.12. The second-order valence-corrected chi connectivity index (χ2v) is 8.47. The average Bonchev–Trinajstić information content (AvgIpc) is 2.55. The fourth-order valence-corrected chi connectivity index (χ4v) is 5.84. The first-order valence-electron chi connectivity index (χ1n) is 7.34. The van der Waals surface area contributed by atoms with E-state index in [9.17, 15) is 0 Å². The molecule has 0 saturated carbocycles. The molecule has 0 fully saturated rings. The molecular weight excluding hydrogens is 312 g/mol. The predicted octanol–water partition coefficient (Wildman–Crippen LogP) is 5.57. The van der Waals surface area contributed by atoms with Crippen LogP contribution in [0.15, 0.2) is 48.5 Å². The van der Waals surface area contributed by atoms with Crippen LogP contribution in [0.4, 0.5) is 0 Å². The van der Waals surface area contributed by atoms with Crippen molar-refractivity contribution in [3.63, 3.8) is 0 Å². The second kappa shape index (κ2) is 8.21. The van der Waals surface area contributed by atoms with Crippen LogP contribution < -0.4 is 0 Å². The van der Waals surface area contributed by atoms with Gasteiger partial charge in [0.25, 0.3) is 0 Å². The minimum atomic E-state index is 1.12. The van der Waals surface area contributed by atoms with Crippen LogP contribution in [0.1, 0.15) is 11.1 Å². The first-order chi connectivity index (χ1) is 10.4. The van der Waals surface area contributed by atoms with Gasteiger partial charge in [-0.05, 0) is 22.3 Å². The maximum absolute atomic E-state index is 2.29. The average molecular weight is 333 g/mol. The molecule has 0 spiro atoms. The zero-order chi connectivity index (χ0) is 14.3. The number of hydrogen-bond donors (Lipinski definition) is 0. The van der Waals surface area contributed by atoms with Gasteiger partial charge in [0.2, 0.25) is 0 Å². The number of benzene rings is 2. The smallest absolute Gasteiger partial charge is 0.0191 e. The summed E-state index contributed by atoms with van der Waals surface area (Å²) in [6.45, 7) is 0. The molecule has 0 aromatic heterocycles. The van der Waals surface area contributed by atoms with Crippen LogP contribution in [-0.2, 0) is 11.5 Å². The van der Waals surface area contributed by atoms with E-state index >= 15 is 0 Å². The summed E-state index contributed by atoms with van der Waals surface area (Å²) in [4.78, 5) is 0. The molecule has 3 rings (SSSR count). The van der Waals surface area contributed by atoms with Crippen LogP contribution in [0.3, 0.4) is 0 Å². The first-order valence-corrected chi connectivity index (χ1v) is 10.8. The third-order valence-electron chi connectivity index (χ3n) is 3.58. The first kappa shape index (κ1) is 15.4. The summed E-state index contributed by atoms with van der Waals surface area (Å²) < 4.78 is 0. The summed E-state index contributed by atoms with van der Waals surface area (Å²) in [5.74, 6) is 7.31. The van der Waals surface area contributed by atoms with E-state index in [-0.39, 0.29) is 0 Å². The molecule has 2 aromatic rings. The molecule has 110 valence electrons. The highest BCUT2D eigenvalue weighted by atomic mass is 32.2. The summed E-state index contributed by atoms with van der Waals surface area (Å²) >= 11 is 6.22. The molecule has 0 atom stereocenters. The molecule has 0 N–H and O–H groups in total. The van der Waals surface area contributed by atoms with E-state index in [0.717, 1.165) is 11.5 Å². The molecule has 0 radical (unpaired) electrons. The van der Waals surface area contributed by atoms with Gasteiger partial charge in [0.05, 0.1) is 0 Å². The van der Waals surface area contributed by atoms with Crippen molar-refractivity contribution in [2.45, 2.75) is 11.5 Å². The van der Waals surface area contributed by atoms with Crippen LogP contribution in [0.2, 0.25) is 0 Å². The fourth-order valence-electron chi connectivity index (χ4n) is 2.52. The molecule has 0 amide bonds. The van der Waals surface area contributed by atoms with Gasteiger partial charge in [-0.3, -0.25) is 0 Å². The van der Waals surface area contributed by atoms with Gasteiger partial charge in [-0.25, -0.2) is 0 Å². The molecule has 0 unspecified atom stereocenters. The lowest BCUT2D eigenvalue weighted by Gasteiger charge is -2.13. The van der Waals surface area contributed by atoms with E-state index < -0.39 is 0 Å². The molecule has 21 heavy (non-hydrogen) atoms. The molecule has 0 aliphatic carbocycles. The molecular formula is C18H20S3. The Bertz CT molecular complexity index is 529. The van der Waals surface area contributed by atoms with Gasteiger partial charge in [0.1, 0.15) is 0 Å². The Kier molecular flexibility index (Phi) is 6.02. The third-order valence-corrected chi connectivity index (χ3v) is 7.10. The molecule has 1 aliphatic rings. The van der Waals surface area contributed by atoms with E-state index in [0.29, 0.717) is 0 Å². The highest BCUT2D eigenvalue weighted by molar-refractivity contribution is 8.04. The van der Waals surface area contributed by atoms with Gasteiger partial charge >= 0.3 is 0 Å². The zero-order valence-electron chi connectivity index (χ0n) is 12.1. The van der Waals surface area contributed by atoms with E-state index in [4.69, 9.17) is 0 Å². The van der Waals surface area contributed by atoms with Crippen molar-refractivity contribution in [2.75, 3.05) is 23.0 Å². The highest BCUT2D eigenvalue weighted by Gasteiger charge is 2.10. The van der Waals surface area contributed by atoms with Crippen molar-refractivity contribution in [3.05, 3.63) is 59.7 Å². The van der Waals surface area contributed by atoms with Crippen LogP contribution in [-0.4, -0.2) is 23.0 Å². The van der Waals surface area contributed by atoms with E-state index in [2.05, 4.69) is 83.8 Å². The summed E-state index contributed by atoms with van der Waals surface area (Å²) in [5.41, 5.74) is 5.80. The maximum Gasteiger partial charge on any atom is 0.0191 e. The number of thioether (sulfide) groups is 3. The quantitative estimate of drug-likeness (QED) is 0.619. The Hall–Kier alpha value is -0.510. The van der Waals surface area contributed by atoms with Crippen LogP contribution in [0, 0.1) is 0 Å². The fraction of sp³-hybridized carbons (Fsp3) is 0.333. The van der Waals surface area contributed by atoms with E-state index in [1.54, 1.807) is 0 Å². The normalized spacial score (nSPS) is 16.8. The Morgan fingerprint density at radius 2 is 0.952 bits per heavy atom. The van der Waals surface area contributed by atoms with Gasteiger partial charge in [-0.15, -0.1) is 0 Å². The largest absolute Gasteiger partial charge is 0.160 e. The third kappa shape index (κ3) is 4.24. The molecule has 2 aromatic carbocycles. The molecule has 1 heterocycles. The van der Waals surface area contributed by atoms with Gasteiger partial charge in [0, 0.05) is 34.5 Å². The lowest BCUT2D eigenvalue weighted by molar-refractivity contribution is 1.35. The van der Waals surface area contributed by atoms with Gasteiger partial charge in [-0.1, -0.05) is 48.5 Å². The van der Waals surface area contributed by atoms with Crippen molar-refractivity contribution in [2.24, 2.45) is 0 Å². The van der Waals surface area contributed by atoms with Crippen molar-refractivity contribution in [3.8, 4) is 11.1 Å². The van der Waals surface area contributed by atoms with Crippen LogP contribution in [0.25, 0.3) is 11.1 Å². The van der Waals surface area contributed by atoms with Crippen molar-refractivity contribution in [1.82, 2.24) is 0 Å². The minimum Gasteiger partial charge on any atom is -0.160 e. The zero-order valence-corrected chi connectivity index (χ0v) is 14.5. The molecule has 1 aliphatic heterocycles. The van der Waals surface area contributed by atoms with Gasteiger partial charge in [-0.2, -0.15) is 35.3 Å². The van der Waals surface area contributed by atoms with Crippen LogP contribution >= 0.6 is 35.3 Å². The molecule has 0 bridgehead atoms. The van der Waals surface area contributed by atoms with Crippen molar-refractivity contribution in [1.29, 1.82) is 0 Å². The Balaban J connectivity index is 1.96. The molecule has 0 saturated heterocycles. The Morgan fingerprint density at radius 3 is 1.48 bits per heavy atom. The monoisotopic (exact) mass is 332 g/mol. The lowest BCUT2D eigenvalue weighted by atomic mass is 9.97. The summed E-state index contributed by atoms with van der Waals surface area (Å²) in [6, 6.07) is 17.8. The molecule has 3 heteroatoms. The summed E-state index contributed by atoms with van der Waals surface area (Å²) in [7, 11) is 0. The number of hydrogen-bond acceptors (Lipinski definition) is 3. The van der Waals surface area contributed by atoms with Crippen molar-refractivity contribution >= 4 is 35.3 Å². The topological polar surface area (TPSA) is 0 Å². The highest BCUT2D eigenvalue weighted by Crippen LogP contribution is 2.32. The SMILES string of the molecule is c1ccc2c(c1)CSCCSCCSCc1ccccc1-2. The van der Waals surface area contributed by atoms with Gasteiger partial charge in [0.15, 0.2) is 0 Å². The maximum atomic E-state index is 2.29. The van der Waals surface area contributed by atoms with E-state index in [1.165, 1.54) is 45.3 Å². The number of fused-ring (bicyclic) bond motifs is 3. The Labute approximate surface area is 140 Å². The van der Waals surface area contributed by atoms with Crippen molar-refractivity contribution < 1.29 is 0 Å². The standard InChI is InChI=1S/C18H20S3/c1-3-7-17-15(5-1)13-20-11-9-19-10-12-21-14-16-6-2-4-8-18(16)17/h1-8H,9-14H2. The van der Waals surface area contributed by atoms with Gasteiger partial charge < -0.3 is 0 Å². The predicted molar refractivity (Wildman–Crippen MR) is 102 cm³/mol. The summed E-state index contributed by atoms with van der Waals surface area (Å²) in [5, 5.41) is 0. The second-order valence-electron chi connectivity index (χ2n) is 5.03. The van der Waals surface area contributed by atoms with Crippen LogP contribution in [0.5, 0.6) is 0 Å². The Morgan fingerprint density at radius 1 is 0.524 bits per heavy atom. The summed E-state index contributed by atoms with van der Waals surface area (Å²) in [6.07, 6.45) is 0.